The second-order valence-electron chi connectivity index (χ2n) is 4.53. The number of aryl methyl sites for hydroxylation is 1. The maximum atomic E-state index is 13.5. The van der Waals surface area contributed by atoms with Crippen molar-refractivity contribution in [1.29, 1.82) is 0 Å². The number of halogens is 2. The molecule has 3 aromatic rings. The van der Waals surface area contributed by atoms with Crippen LogP contribution in [0.5, 0.6) is 0 Å². The fourth-order valence-corrected chi connectivity index (χ4v) is 2.83. The highest BCUT2D eigenvalue weighted by molar-refractivity contribution is 7.71. The molecule has 0 bridgehead atoms. The molecule has 20 heavy (non-hydrogen) atoms. The van der Waals surface area contributed by atoms with Crippen molar-refractivity contribution in [3.05, 3.63) is 57.6 Å². The van der Waals surface area contributed by atoms with Gasteiger partial charge < -0.3 is 4.98 Å². The van der Waals surface area contributed by atoms with E-state index in [0.717, 1.165) is 17.6 Å². The molecular weight excluding hydrogens is 295 g/mol. The van der Waals surface area contributed by atoms with Gasteiger partial charge in [0.05, 0.1) is 21.7 Å². The van der Waals surface area contributed by atoms with Gasteiger partial charge >= 0.3 is 0 Å². The molecular formula is C15H12ClFN2S. The first kappa shape index (κ1) is 13.3. The summed E-state index contributed by atoms with van der Waals surface area (Å²) in [5.41, 5.74) is 3.59. The summed E-state index contributed by atoms with van der Waals surface area (Å²) >= 11 is 11.3. The first-order chi connectivity index (χ1) is 9.61. The van der Waals surface area contributed by atoms with Gasteiger partial charge in [-0.2, -0.15) is 0 Å². The number of H-pyrrole nitrogens is 1. The lowest BCUT2D eigenvalue weighted by atomic mass is 10.1. The molecule has 0 saturated heterocycles. The molecule has 0 fully saturated rings. The van der Waals surface area contributed by atoms with E-state index in [1.165, 1.54) is 11.6 Å². The van der Waals surface area contributed by atoms with Crippen molar-refractivity contribution in [1.82, 2.24) is 9.55 Å². The smallest absolute Gasteiger partial charge is 0.182 e. The molecule has 1 N–H and O–H groups in total. The minimum atomic E-state index is -0.452. The summed E-state index contributed by atoms with van der Waals surface area (Å²) in [5.74, 6) is -0.452. The van der Waals surface area contributed by atoms with Crippen LogP contribution in [0.25, 0.3) is 16.7 Å². The van der Waals surface area contributed by atoms with Crippen LogP contribution in [0.15, 0.2) is 36.4 Å². The Morgan fingerprint density at radius 1 is 1.30 bits per heavy atom. The molecule has 0 saturated carbocycles. The van der Waals surface area contributed by atoms with Gasteiger partial charge in [-0.05, 0) is 36.3 Å². The van der Waals surface area contributed by atoms with Crippen molar-refractivity contribution in [2.75, 3.05) is 0 Å². The van der Waals surface area contributed by atoms with Crippen molar-refractivity contribution in [3.8, 4) is 5.69 Å². The van der Waals surface area contributed by atoms with Crippen molar-refractivity contribution in [2.45, 2.75) is 13.3 Å². The van der Waals surface area contributed by atoms with Crippen LogP contribution in [-0.4, -0.2) is 9.55 Å². The molecule has 2 aromatic carbocycles. The second kappa shape index (κ2) is 5.04. The maximum absolute atomic E-state index is 13.5. The van der Waals surface area contributed by atoms with Crippen molar-refractivity contribution < 1.29 is 4.39 Å². The number of hydrogen-bond acceptors (Lipinski definition) is 1. The summed E-state index contributed by atoms with van der Waals surface area (Å²) in [6.45, 7) is 2.09. The third kappa shape index (κ3) is 2.05. The summed E-state index contributed by atoms with van der Waals surface area (Å²) in [6, 6.07) is 11.0. The molecule has 1 heterocycles. The molecule has 3 rings (SSSR count). The second-order valence-corrected chi connectivity index (χ2v) is 5.33. The van der Waals surface area contributed by atoms with E-state index in [2.05, 4.69) is 18.0 Å². The summed E-state index contributed by atoms with van der Waals surface area (Å²) in [5, 5.41) is 0.0919. The van der Waals surface area contributed by atoms with Gasteiger partial charge in [-0.15, -0.1) is 0 Å². The van der Waals surface area contributed by atoms with Gasteiger partial charge in [0.1, 0.15) is 5.82 Å². The molecule has 0 atom stereocenters. The zero-order chi connectivity index (χ0) is 14.3. The lowest BCUT2D eigenvalue weighted by molar-refractivity contribution is 0.630. The van der Waals surface area contributed by atoms with Gasteiger partial charge in [0.15, 0.2) is 4.77 Å². The Bertz CT molecular complexity index is 851. The van der Waals surface area contributed by atoms with Crippen LogP contribution in [0.1, 0.15) is 12.5 Å². The van der Waals surface area contributed by atoms with Gasteiger partial charge in [-0.25, -0.2) is 4.39 Å². The lowest BCUT2D eigenvalue weighted by Crippen LogP contribution is -1.98. The van der Waals surface area contributed by atoms with Gasteiger partial charge in [0, 0.05) is 6.07 Å². The number of aromatic amines is 1. The van der Waals surface area contributed by atoms with Crippen LogP contribution < -0.4 is 0 Å². The summed E-state index contributed by atoms with van der Waals surface area (Å²) in [4.78, 5) is 3.02. The first-order valence-electron chi connectivity index (χ1n) is 6.30. The van der Waals surface area contributed by atoms with Crippen LogP contribution in [0.2, 0.25) is 5.02 Å². The zero-order valence-electron chi connectivity index (χ0n) is 10.8. The van der Waals surface area contributed by atoms with E-state index in [4.69, 9.17) is 23.8 Å². The SMILES string of the molecule is CCc1ccccc1-n1c(=S)[nH]c2cc(F)c(Cl)cc21. The fraction of sp³-hybridized carbons (Fsp3) is 0.133. The zero-order valence-corrected chi connectivity index (χ0v) is 12.4. The number of hydrogen-bond donors (Lipinski definition) is 1. The molecule has 0 radical (unpaired) electrons. The molecule has 0 unspecified atom stereocenters. The Morgan fingerprint density at radius 3 is 2.80 bits per heavy atom. The fourth-order valence-electron chi connectivity index (χ4n) is 2.37. The molecule has 102 valence electrons. The highest BCUT2D eigenvalue weighted by Gasteiger charge is 2.12. The molecule has 0 aliphatic heterocycles. The normalized spacial score (nSPS) is 11.2. The summed E-state index contributed by atoms with van der Waals surface area (Å²) < 4.78 is 16.0. The standard InChI is InChI=1S/C15H12ClFN2S/c1-2-9-5-3-4-6-13(9)19-14-7-10(16)11(17)8-12(14)18-15(19)20/h3-8H,2H2,1H3,(H,18,20). The highest BCUT2D eigenvalue weighted by atomic mass is 35.5. The van der Waals surface area contributed by atoms with Crippen LogP contribution in [0.4, 0.5) is 4.39 Å². The van der Waals surface area contributed by atoms with E-state index in [0.29, 0.717) is 10.3 Å². The Kier molecular flexibility index (Phi) is 3.36. The van der Waals surface area contributed by atoms with E-state index in [1.54, 1.807) is 6.07 Å². The van der Waals surface area contributed by atoms with Crippen LogP contribution >= 0.6 is 23.8 Å². The quantitative estimate of drug-likeness (QED) is 0.658. The molecule has 1 aromatic heterocycles. The molecule has 0 aliphatic rings. The molecule has 0 amide bonds. The average Bonchev–Trinajstić information content (AvgIpc) is 2.74. The van der Waals surface area contributed by atoms with E-state index < -0.39 is 5.82 Å². The number of imidazole rings is 1. The molecule has 0 aliphatic carbocycles. The first-order valence-corrected chi connectivity index (χ1v) is 7.08. The molecule has 5 heteroatoms. The predicted octanol–water partition coefficient (Wildman–Crippen LogP) is 5.04. The summed E-state index contributed by atoms with van der Waals surface area (Å²) in [6.07, 6.45) is 0.888. The number of rotatable bonds is 2. The Hall–Kier alpha value is -1.65. The third-order valence-electron chi connectivity index (χ3n) is 3.34. The number of para-hydroxylation sites is 1. The van der Waals surface area contributed by atoms with Gasteiger partial charge in [-0.3, -0.25) is 4.57 Å². The Morgan fingerprint density at radius 2 is 2.05 bits per heavy atom. The van der Waals surface area contributed by atoms with Crippen LogP contribution in [-0.2, 0) is 6.42 Å². The number of benzene rings is 2. The number of nitrogens with zero attached hydrogens (tertiary/aromatic N) is 1. The van der Waals surface area contributed by atoms with Crippen LogP contribution in [0.3, 0.4) is 0 Å². The van der Waals surface area contributed by atoms with Gasteiger partial charge in [-0.1, -0.05) is 36.7 Å². The monoisotopic (exact) mass is 306 g/mol. The van der Waals surface area contributed by atoms with Crippen molar-refractivity contribution in [3.63, 3.8) is 0 Å². The van der Waals surface area contributed by atoms with Crippen LogP contribution in [0, 0.1) is 10.6 Å². The largest absolute Gasteiger partial charge is 0.330 e. The van der Waals surface area contributed by atoms with Gasteiger partial charge in [0.2, 0.25) is 0 Å². The van der Waals surface area contributed by atoms with E-state index in [-0.39, 0.29) is 5.02 Å². The topological polar surface area (TPSA) is 20.7 Å². The van der Waals surface area contributed by atoms with E-state index in [1.807, 2.05) is 22.8 Å². The maximum Gasteiger partial charge on any atom is 0.182 e. The predicted molar refractivity (Wildman–Crippen MR) is 82.8 cm³/mol. The van der Waals surface area contributed by atoms with E-state index in [9.17, 15) is 4.39 Å². The van der Waals surface area contributed by atoms with Crippen molar-refractivity contribution in [2.24, 2.45) is 0 Å². The lowest BCUT2D eigenvalue weighted by Gasteiger charge is -2.10. The third-order valence-corrected chi connectivity index (χ3v) is 3.91. The minimum Gasteiger partial charge on any atom is -0.330 e. The van der Waals surface area contributed by atoms with E-state index >= 15 is 0 Å². The summed E-state index contributed by atoms with van der Waals surface area (Å²) in [7, 11) is 0. The number of nitrogens with one attached hydrogen (secondary N) is 1. The Balaban J connectivity index is 2.39. The Labute approximate surface area is 125 Å². The number of aromatic nitrogens is 2. The highest BCUT2D eigenvalue weighted by Crippen LogP contribution is 2.26. The van der Waals surface area contributed by atoms with Gasteiger partial charge in [0.25, 0.3) is 0 Å². The van der Waals surface area contributed by atoms with Crippen molar-refractivity contribution >= 4 is 34.9 Å². The minimum absolute atomic E-state index is 0.0919. The molecule has 2 nitrogen and oxygen atoms in total. The number of fused-ring (bicyclic) bond motifs is 1. The average molecular weight is 307 g/mol. The molecule has 0 spiro atoms.